The number of aliphatic hydroxyl groups excluding tert-OH is 1. The van der Waals surface area contributed by atoms with E-state index in [2.05, 4.69) is 44.0 Å². The molecule has 5 nitrogen and oxygen atoms in total. The summed E-state index contributed by atoms with van der Waals surface area (Å²) in [4.78, 5) is 19.2. The van der Waals surface area contributed by atoms with Gasteiger partial charge < -0.3 is 15.6 Å². The molecule has 0 amide bonds. The zero-order valence-electron chi connectivity index (χ0n) is 21.2. The monoisotopic (exact) mass is 522 g/mol. The number of nitrogens with two attached hydrogens (primary N) is 1. The third-order valence-electron chi connectivity index (χ3n) is 7.52. The van der Waals surface area contributed by atoms with Crippen molar-refractivity contribution in [3.8, 4) is 0 Å². The van der Waals surface area contributed by atoms with Gasteiger partial charge in [-0.15, -0.1) is 0 Å². The largest absolute Gasteiger partial charge is 0.511 e. The Kier molecular flexibility index (Phi) is 6.81. The molecule has 190 valence electrons. The summed E-state index contributed by atoms with van der Waals surface area (Å²) in [5.74, 6) is 0.0213. The number of carbonyl (C=O) groups is 1. The van der Waals surface area contributed by atoms with E-state index in [-0.39, 0.29) is 17.1 Å². The fraction of sp³-hybridized carbons (Fsp3) is 0.448. The molecule has 1 aliphatic heterocycles. The molecule has 1 atom stereocenters. The van der Waals surface area contributed by atoms with Crippen LogP contribution < -0.4 is 5.73 Å². The van der Waals surface area contributed by atoms with E-state index in [0.717, 1.165) is 59.2 Å². The molecule has 0 spiro atoms. The van der Waals surface area contributed by atoms with Crippen LogP contribution in [-0.4, -0.2) is 21.7 Å². The fourth-order valence-corrected chi connectivity index (χ4v) is 7.64. The number of nitrogen functional groups attached to an aromatic ring is 1. The van der Waals surface area contributed by atoms with E-state index < -0.39 is 11.6 Å². The van der Waals surface area contributed by atoms with Gasteiger partial charge in [0.1, 0.15) is 16.3 Å². The molecule has 2 heterocycles. The smallest absolute Gasteiger partial charge is 0.349 e. The molecule has 7 heteroatoms. The molecule has 1 fully saturated rings. The molecule has 1 saturated carbocycles. The number of hydrogen-bond acceptors (Lipinski definition) is 7. The van der Waals surface area contributed by atoms with Gasteiger partial charge in [0.15, 0.2) is 5.13 Å². The topological polar surface area (TPSA) is 85.4 Å². The predicted molar refractivity (Wildman–Crippen MR) is 148 cm³/mol. The molecule has 0 saturated heterocycles. The van der Waals surface area contributed by atoms with Gasteiger partial charge in [-0.2, -0.15) is 0 Å². The number of aryl methyl sites for hydroxylation is 1. The molecule has 1 aromatic heterocycles. The van der Waals surface area contributed by atoms with Crippen LogP contribution in [0.3, 0.4) is 0 Å². The molecule has 5 rings (SSSR count). The minimum absolute atomic E-state index is 0.153. The number of cyclic esters (lactones) is 1. The Bertz CT molecular complexity index is 1300. The zero-order chi connectivity index (χ0) is 25.5. The average molecular weight is 523 g/mol. The van der Waals surface area contributed by atoms with Gasteiger partial charge in [-0.3, -0.25) is 0 Å². The third-order valence-corrected chi connectivity index (χ3v) is 9.53. The van der Waals surface area contributed by atoms with Gasteiger partial charge in [-0.05, 0) is 60.3 Å². The number of ether oxygens (including phenoxy) is 1. The Labute approximate surface area is 221 Å². The number of rotatable bonds is 6. The van der Waals surface area contributed by atoms with Gasteiger partial charge in [-0.25, -0.2) is 9.78 Å². The highest BCUT2D eigenvalue weighted by Crippen LogP contribution is 2.49. The lowest BCUT2D eigenvalue weighted by Gasteiger charge is -2.41. The van der Waals surface area contributed by atoms with E-state index in [4.69, 9.17) is 10.5 Å². The number of esters is 1. The quantitative estimate of drug-likeness (QED) is 0.325. The lowest BCUT2D eigenvalue weighted by Crippen LogP contribution is -2.45. The van der Waals surface area contributed by atoms with E-state index >= 15 is 0 Å². The predicted octanol–water partition coefficient (Wildman–Crippen LogP) is 7.55. The van der Waals surface area contributed by atoms with Crippen molar-refractivity contribution < 1.29 is 14.6 Å². The second kappa shape index (κ2) is 9.75. The van der Waals surface area contributed by atoms with Crippen LogP contribution in [0, 0.1) is 5.92 Å². The standard InChI is InChI=1S/C29H34N2O3S2/c1-28(2,3)20-15-21-24(36-27(30)31-21)16-23(20)35-25-22(32)17-29(34-26(25)33,19-11-7-8-12-19)14-13-18-9-5-4-6-10-18/h4-6,9-10,15-16,19,32H,7-8,11-14,17H2,1-3H3,(H2,30,31). The first kappa shape index (κ1) is 25.2. The average Bonchev–Trinajstić information content (AvgIpc) is 3.49. The highest BCUT2D eigenvalue weighted by molar-refractivity contribution is 8.04. The van der Waals surface area contributed by atoms with E-state index in [9.17, 15) is 9.90 Å². The minimum Gasteiger partial charge on any atom is -0.511 e. The van der Waals surface area contributed by atoms with Crippen LogP contribution >= 0.6 is 23.1 Å². The normalized spacial score (nSPS) is 21.4. The Hall–Kier alpha value is -2.51. The van der Waals surface area contributed by atoms with Crippen LogP contribution in [-0.2, 0) is 21.4 Å². The maximum Gasteiger partial charge on any atom is 0.349 e. The van der Waals surface area contributed by atoms with Gasteiger partial charge in [0.25, 0.3) is 0 Å². The third kappa shape index (κ3) is 5.00. The molecule has 2 aliphatic rings. The van der Waals surface area contributed by atoms with Crippen LogP contribution in [0.4, 0.5) is 5.13 Å². The number of benzene rings is 2. The number of anilines is 1. The molecular formula is C29H34N2O3S2. The van der Waals surface area contributed by atoms with Crippen molar-refractivity contribution in [2.75, 3.05) is 5.73 Å². The minimum atomic E-state index is -0.652. The number of thiazole rings is 1. The van der Waals surface area contributed by atoms with Gasteiger partial charge in [0.05, 0.1) is 10.2 Å². The van der Waals surface area contributed by atoms with Gasteiger partial charge >= 0.3 is 5.97 Å². The van der Waals surface area contributed by atoms with Crippen molar-refractivity contribution in [2.24, 2.45) is 5.92 Å². The lowest BCUT2D eigenvalue weighted by atomic mass is 9.77. The Morgan fingerprint density at radius 1 is 1.19 bits per heavy atom. The summed E-state index contributed by atoms with van der Waals surface area (Å²) in [6, 6.07) is 14.4. The summed E-state index contributed by atoms with van der Waals surface area (Å²) in [5, 5.41) is 11.9. The Morgan fingerprint density at radius 2 is 1.92 bits per heavy atom. The number of aliphatic hydroxyl groups is 1. The Balaban J connectivity index is 1.48. The van der Waals surface area contributed by atoms with Crippen LogP contribution in [0.5, 0.6) is 0 Å². The Morgan fingerprint density at radius 3 is 2.58 bits per heavy atom. The van der Waals surface area contributed by atoms with E-state index in [1.165, 1.54) is 28.7 Å². The van der Waals surface area contributed by atoms with Crippen molar-refractivity contribution in [1.29, 1.82) is 0 Å². The maximum atomic E-state index is 13.5. The number of nitrogens with zero attached hydrogens (tertiary/aromatic N) is 1. The summed E-state index contributed by atoms with van der Waals surface area (Å²) >= 11 is 2.74. The molecule has 1 unspecified atom stereocenters. The highest BCUT2D eigenvalue weighted by atomic mass is 32.2. The second-order valence-electron chi connectivity index (χ2n) is 11.1. The number of thioether (sulfide) groups is 1. The number of fused-ring (bicyclic) bond motifs is 1. The molecule has 1 aliphatic carbocycles. The zero-order valence-corrected chi connectivity index (χ0v) is 22.8. The SMILES string of the molecule is CC(C)(C)c1cc2nc(N)sc2cc1SC1=C(O)CC(CCc2ccccc2)(C2CCCC2)OC1=O. The number of hydrogen-bond donors (Lipinski definition) is 2. The highest BCUT2D eigenvalue weighted by Gasteiger charge is 2.48. The lowest BCUT2D eigenvalue weighted by molar-refractivity contribution is -0.166. The summed E-state index contributed by atoms with van der Waals surface area (Å²) in [6.45, 7) is 6.41. The maximum absolute atomic E-state index is 13.5. The van der Waals surface area contributed by atoms with Crippen molar-refractivity contribution in [2.45, 2.75) is 81.6 Å². The summed E-state index contributed by atoms with van der Waals surface area (Å²) < 4.78 is 7.31. The van der Waals surface area contributed by atoms with Crippen molar-refractivity contribution in [3.63, 3.8) is 0 Å². The number of aromatic nitrogens is 1. The molecule has 0 bridgehead atoms. The first-order valence-electron chi connectivity index (χ1n) is 12.7. The van der Waals surface area contributed by atoms with Crippen molar-refractivity contribution in [3.05, 3.63) is 64.3 Å². The van der Waals surface area contributed by atoms with Crippen molar-refractivity contribution >= 4 is 44.4 Å². The van der Waals surface area contributed by atoms with Gasteiger partial charge in [-0.1, -0.05) is 87.0 Å². The van der Waals surface area contributed by atoms with E-state index in [1.54, 1.807) is 0 Å². The summed E-state index contributed by atoms with van der Waals surface area (Å²) in [6.07, 6.45) is 6.28. The summed E-state index contributed by atoms with van der Waals surface area (Å²) in [7, 11) is 0. The van der Waals surface area contributed by atoms with Gasteiger partial charge in [0, 0.05) is 11.3 Å². The molecular weight excluding hydrogens is 488 g/mol. The van der Waals surface area contributed by atoms with Crippen LogP contribution in [0.15, 0.2) is 58.0 Å². The van der Waals surface area contributed by atoms with Crippen LogP contribution in [0.2, 0.25) is 0 Å². The second-order valence-corrected chi connectivity index (χ2v) is 13.2. The first-order chi connectivity index (χ1) is 17.1. The number of carbonyl (C=O) groups excluding carboxylic acids is 1. The summed E-state index contributed by atoms with van der Waals surface area (Å²) in [5.41, 5.74) is 8.29. The van der Waals surface area contributed by atoms with E-state index in [1.807, 2.05) is 24.3 Å². The first-order valence-corrected chi connectivity index (χ1v) is 14.4. The molecule has 3 aromatic rings. The van der Waals surface area contributed by atoms with Crippen LogP contribution in [0.1, 0.15) is 70.4 Å². The molecule has 2 aromatic carbocycles. The van der Waals surface area contributed by atoms with Crippen LogP contribution in [0.25, 0.3) is 10.2 Å². The van der Waals surface area contributed by atoms with Gasteiger partial charge in [0.2, 0.25) is 0 Å². The molecule has 36 heavy (non-hydrogen) atoms. The molecule has 3 N–H and O–H groups in total. The fourth-order valence-electron chi connectivity index (χ4n) is 5.63. The van der Waals surface area contributed by atoms with Crippen molar-refractivity contribution in [1.82, 2.24) is 4.98 Å². The van der Waals surface area contributed by atoms with E-state index in [0.29, 0.717) is 16.5 Å². The molecule has 0 radical (unpaired) electrons.